The molecule has 0 radical (unpaired) electrons. The molecule has 0 spiro atoms. The highest BCUT2D eigenvalue weighted by atomic mass is 16.6. The minimum Gasteiger partial charge on any atom is -0.356 e. The van der Waals surface area contributed by atoms with Gasteiger partial charge in [0, 0.05) is 19.1 Å². The van der Waals surface area contributed by atoms with Gasteiger partial charge in [0.2, 0.25) is 5.82 Å². The van der Waals surface area contributed by atoms with Crippen LogP contribution in [0.5, 0.6) is 0 Å². The van der Waals surface area contributed by atoms with Crippen molar-refractivity contribution in [1.82, 2.24) is 15.1 Å². The van der Waals surface area contributed by atoms with Gasteiger partial charge in [-0.1, -0.05) is 0 Å². The van der Waals surface area contributed by atoms with Crippen LogP contribution in [0.15, 0.2) is 6.20 Å². The van der Waals surface area contributed by atoms with E-state index in [1.54, 1.807) is 7.05 Å². The number of aromatic nitrogens is 2. The minimum atomic E-state index is -0.416. The molecule has 7 heteroatoms. The fraction of sp³-hybridized carbons (Fsp3) is 0.667. The third-order valence-electron chi connectivity index (χ3n) is 2.80. The van der Waals surface area contributed by atoms with E-state index < -0.39 is 4.92 Å². The van der Waals surface area contributed by atoms with Crippen molar-refractivity contribution in [2.45, 2.75) is 18.9 Å². The molecule has 0 amide bonds. The third kappa shape index (κ3) is 1.99. The van der Waals surface area contributed by atoms with Gasteiger partial charge < -0.3 is 10.6 Å². The molecule has 7 nitrogen and oxygen atoms in total. The summed E-state index contributed by atoms with van der Waals surface area (Å²) in [5, 5.41) is 21.3. The molecule has 1 atom stereocenters. The minimum absolute atomic E-state index is 0.0237. The number of hydrogen-bond donors (Lipinski definition) is 2. The van der Waals surface area contributed by atoms with Crippen LogP contribution in [0.4, 0.5) is 11.5 Å². The molecule has 1 aromatic rings. The summed E-state index contributed by atoms with van der Waals surface area (Å²) in [4.78, 5) is 10.4. The molecular weight excluding hydrogens is 210 g/mol. The predicted octanol–water partition coefficient (Wildman–Crippen LogP) is 0.492. The van der Waals surface area contributed by atoms with Gasteiger partial charge in [0.05, 0.1) is 4.92 Å². The molecule has 0 bridgehead atoms. The predicted molar refractivity (Wildman–Crippen MR) is 59.4 cm³/mol. The molecular formula is C9H15N5O2. The van der Waals surface area contributed by atoms with Gasteiger partial charge in [0.25, 0.3) is 0 Å². The largest absolute Gasteiger partial charge is 0.356 e. The van der Waals surface area contributed by atoms with E-state index in [0.717, 1.165) is 19.5 Å². The van der Waals surface area contributed by atoms with E-state index in [2.05, 4.69) is 15.7 Å². The van der Waals surface area contributed by atoms with Crippen molar-refractivity contribution in [1.29, 1.82) is 0 Å². The van der Waals surface area contributed by atoms with Crippen molar-refractivity contribution in [3.8, 4) is 0 Å². The van der Waals surface area contributed by atoms with E-state index in [9.17, 15) is 10.1 Å². The standard InChI is InChI=1S/C9H15N5O2/c1-9(3-4-10-6-9)11-8-7(14(15)16)5-13(2)12-8/h5,10H,3-4,6H2,1-2H3,(H,11,12). The Bertz CT molecular complexity index is 408. The van der Waals surface area contributed by atoms with E-state index in [0.29, 0.717) is 5.82 Å². The molecule has 1 saturated heterocycles. The molecule has 0 saturated carbocycles. The van der Waals surface area contributed by atoms with Crippen LogP contribution < -0.4 is 10.6 Å². The Morgan fingerprint density at radius 3 is 3.06 bits per heavy atom. The van der Waals surface area contributed by atoms with Gasteiger partial charge in [0.1, 0.15) is 6.20 Å². The van der Waals surface area contributed by atoms with Crippen LogP contribution in [0.1, 0.15) is 13.3 Å². The van der Waals surface area contributed by atoms with Crippen LogP contribution in [-0.2, 0) is 7.05 Å². The topological polar surface area (TPSA) is 85.0 Å². The number of rotatable bonds is 3. The summed E-state index contributed by atoms with van der Waals surface area (Å²) in [5.41, 5.74) is -0.130. The molecule has 2 N–H and O–H groups in total. The zero-order valence-corrected chi connectivity index (χ0v) is 9.36. The van der Waals surface area contributed by atoms with Gasteiger partial charge in [0.15, 0.2) is 0 Å². The van der Waals surface area contributed by atoms with Crippen molar-refractivity contribution in [2.24, 2.45) is 7.05 Å². The second kappa shape index (κ2) is 3.75. The van der Waals surface area contributed by atoms with Gasteiger partial charge in [-0.25, -0.2) is 0 Å². The Labute approximate surface area is 93.0 Å². The Morgan fingerprint density at radius 1 is 1.75 bits per heavy atom. The number of anilines is 1. The molecule has 1 unspecified atom stereocenters. The Morgan fingerprint density at radius 2 is 2.50 bits per heavy atom. The van der Waals surface area contributed by atoms with Crippen LogP contribution in [0.25, 0.3) is 0 Å². The quantitative estimate of drug-likeness (QED) is 0.577. The lowest BCUT2D eigenvalue weighted by molar-refractivity contribution is -0.384. The van der Waals surface area contributed by atoms with E-state index in [1.165, 1.54) is 10.9 Å². The monoisotopic (exact) mass is 225 g/mol. The van der Waals surface area contributed by atoms with Gasteiger partial charge in [-0.15, -0.1) is 5.10 Å². The Balaban J connectivity index is 2.23. The summed E-state index contributed by atoms with van der Waals surface area (Å²) < 4.78 is 1.45. The number of nitro groups is 1. The first-order chi connectivity index (χ1) is 7.50. The molecule has 0 aromatic carbocycles. The van der Waals surface area contributed by atoms with E-state index in [-0.39, 0.29) is 11.2 Å². The highest BCUT2D eigenvalue weighted by Gasteiger charge is 2.32. The fourth-order valence-corrected chi connectivity index (χ4v) is 1.91. The molecule has 1 fully saturated rings. The summed E-state index contributed by atoms with van der Waals surface area (Å²) in [6.45, 7) is 3.75. The highest BCUT2D eigenvalue weighted by molar-refractivity contribution is 5.56. The van der Waals surface area contributed by atoms with Gasteiger partial charge in [-0.05, 0) is 19.9 Å². The summed E-state index contributed by atoms with van der Waals surface area (Å²) in [6.07, 6.45) is 2.34. The van der Waals surface area contributed by atoms with Crippen molar-refractivity contribution in [2.75, 3.05) is 18.4 Å². The van der Waals surface area contributed by atoms with Crippen LogP contribution >= 0.6 is 0 Å². The molecule has 1 aliphatic rings. The Hall–Kier alpha value is -1.63. The maximum absolute atomic E-state index is 10.8. The second-order valence-corrected chi connectivity index (χ2v) is 4.41. The molecule has 2 rings (SSSR count). The van der Waals surface area contributed by atoms with Crippen LogP contribution in [0.2, 0.25) is 0 Å². The van der Waals surface area contributed by atoms with E-state index in [1.807, 2.05) is 6.92 Å². The smallest absolute Gasteiger partial charge is 0.330 e. The summed E-state index contributed by atoms with van der Waals surface area (Å²) >= 11 is 0. The average Bonchev–Trinajstić information content (AvgIpc) is 2.73. The van der Waals surface area contributed by atoms with Gasteiger partial charge in [-0.3, -0.25) is 14.8 Å². The SMILES string of the molecule is Cn1cc([N+](=O)[O-])c(NC2(C)CCNC2)n1. The van der Waals surface area contributed by atoms with Crippen molar-refractivity contribution < 1.29 is 4.92 Å². The summed E-state index contributed by atoms with van der Waals surface area (Å²) in [5.74, 6) is 0.346. The van der Waals surface area contributed by atoms with Crippen molar-refractivity contribution >= 4 is 11.5 Å². The van der Waals surface area contributed by atoms with E-state index >= 15 is 0 Å². The zero-order chi connectivity index (χ0) is 11.8. The van der Waals surface area contributed by atoms with Gasteiger partial charge >= 0.3 is 5.69 Å². The lowest BCUT2D eigenvalue weighted by atomic mass is 10.0. The van der Waals surface area contributed by atoms with Gasteiger partial charge in [-0.2, -0.15) is 0 Å². The lowest BCUT2D eigenvalue weighted by Crippen LogP contribution is -2.37. The van der Waals surface area contributed by atoms with Crippen LogP contribution in [-0.4, -0.2) is 33.3 Å². The van der Waals surface area contributed by atoms with Crippen molar-refractivity contribution in [3.05, 3.63) is 16.3 Å². The molecule has 2 heterocycles. The number of aryl methyl sites for hydroxylation is 1. The number of hydrogen-bond acceptors (Lipinski definition) is 5. The van der Waals surface area contributed by atoms with Crippen LogP contribution in [0.3, 0.4) is 0 Å². The summed E-state index contributed by atoms with van der Waals surface area (Å²) in [6, 6.07) is 0. The normalized spacial score (nSPS) is 24.6. The lowest BCUT2D eigenvalue weighted by Gasteiger charge is -2.23. The Kier molecular flexibility index (Phi) is 2.55. The second-order valence-electron chi connectivity index (χ2n) is 4.41. The third-order valence-corrected chi connectivity index (χ3v) is 2.80. The van der Waals surface area contributed by atoms with E-state index in [4.69, 9.17) is 0 Å². The molecule has 1 aliphatic heterocycles. The molecule has 1 aromatic heterocycles. The average molecular weight is 225 g/mol. The first-order valence-corrected chi connectivity index (χ1v) is 5.17. The molecule has 16 heavy (non-hydrogen) atoms. The first kappa shape index (κ1) is 10.9. The maximum Gasteiger partial charge on any atom is 0.330 e. The zero-order valence-electron chi connectivity index (χ0n) is 9.36. The number of nitrogens with one attached hydrogen (secondary N) is 2. The molecule has 0 aliphatic carbocycles. The molecule has 88 valence electrons. The van der Waals surface area contributed by atoms with Crippen molar-refractivity contribution in [3.63, 3.8) is 0 Å². The first-order valence-electron chi connectivity index (χ1n) is 5.17. The maximum atomic E-state index is 10.8. The highest BCUT2D eigenvalue weighted by Crippen LogP contribution is 2.27. The fourth-order valence-electron chi connectivity index (χ4n) is 1.91. The number of nitrogens with zero attached hydrogens (tertiary/aromatic N) is 3. The van der Waals surface area contributed by atoms with Crippen LogP contribution in [0, 0.1) is 10.1 Å². The summed E-state index contributed by atoms with van der Waals surface area (Å²) in [7, 11) is 1.67.